The van der Waals surface area contributed by atoms with Crippen LogP contribution in [0.1, 0.15) is 39.2 Å². The summed E-state index contributed by atoms with van der Waals surface area (Å²) in [4.78, 5) is 16.1. The summed E-state index contributed by atoms with van der Waals surface area (Å²) in [6.45, 7) is 6.65. The number of pyridine rings is 1. The van der Waals surface area contributed by atoms with Crippen LogP contribution in [-0.2, 0) is 11.2 Å². The Kier molecular flexibility index (Phi) is 3.42. The molecule has 0 amide bonds. The topological polar surface area (TPSA) is 56.0 Å². The number of carbonyl (C=O) groups is 1. The van der Waals surface area contributed by atoms with Crippen LogP contribution in [0.2, 0.25) is 0 Å². The molecule has 1 aliphatic carbocycles. The second-order valence-corrected chi connectivity index (χ2v) is 6.37. The molecule has 0 spiro atoms. The van der Waals surface area contributed by atoms with Crippen molar-refractivity contribution >= 4 is 11.6 Å². The maximum Gasteiger partial charge on any atom is 0.136 e. The van der Waals surface area contributed by atoms with Crippen molar-refractivity contribution in [3.8, 4) is 0 Å². The first-order valence-electron chi connectivity index (χ1n) is 6.61. The fourth-order valence-corrected chi connectivity index (χ4v) is 2.54. The fourth-order valence-electron chi connectivity index (χ4n) is 2.54. The van der Waals surface area contributed by atoms with Crippen molar-refractivity contribution in [2.75, 3.05) is 5.73 Å². The molecule has 3 nitrogen and oxygen atoms in total. The Morgan fingerprint density at radius 2 is 2.17 bits per heavy atom. The third kappa shape index (κ3) is 3.09. The quantitative estimate of drug-likeness (QED) is 0.888. The van der Waals surface area contributed by atoms with E-state index in [0.29, 0.717) is 29.9 Å². The van der Waals surface area contributed by atoms with Gasteiger partial charge >= 0.3 is 0 Å². The molecule has 2 N–H and O–H groups in total. The number of aryl methyl sites for hydroxylation is 1. The lowest BCUT2D eigenvalue weighted by molar-refractivity contribution is -0.120. The lowest BCUT2D eigenvalue weighted by atomic mass is 9.88. The minimum Gasteiger partial charge on any atom is -0.384 e. The number of hydrogen-bond acceptors (Lipinski definition) is 3. The first-order valence-corrected chi connectivity index (χ1v) is 6.61. The molecule has 1 heterocycles. The van der Waals surface area contributed by atoms with Gasteiger partial charge < -0.3 is 5.73 Å². The Balaban J connectivity index is 1.82. The second kappa shape index (κ2) is 4.71. The predicted molar refractivity (Wildman–Crippen MR) is 73.0 cm³/mol. The van der Waals surface area contributed by atoms with Crippen molar-refractivity contribution in [1.82, 2.24) is 4.98 Å². The molecule has 1 unspecified atom stereocenters. The van der Waals surface area contributed by atoms with Crippen molar-refractivity contribution in [2.45, 2.75) is 40.0 Å². The molecule has 1 aromatic rings. The van der Waals surface area contributed by atoms with E-state index in [-0.39, 0.29) is 5.41 Å². The van der Waals surface area contributed by atoms with Crippen molar-refractivity contribution in [2.24, 2.45) is 17.3 Å². The van der Waals surface area contributed by atoms with Crippen LogP contribution in [0, 0.1) is 17.3 Å². The van der Waals surface area contributed by atoms with Crippen LogP contribution in [0.3, 0.4) is 0 Å². The number of carbonyl (C=O) groups excluding carboxylic acids is 1. The number of nitrogens with zero attached hydrogens (tertiary/aromatic N) is 1. The van der Waals surface area contributed by atoms with Crippen LogP contribution in [0.15, 0.2) is 18.3 Å². The SMILES string of the molecule is CC(C)(C)C1C[C@H]1C(=O)CCc1ccc(N)nc1. The van der Waals surface area contributed by atoms with Crippen molar-refractivity contribution in [1.29, 1.82) is 0 Å². The van der Waals surface area contributed by atoms with Gasteiger partial charge in [0.2, 0.25) is 0 Å². The molecule has 0 radical (unpaired) electrons. The molecule has 2 rings (SSSR count). The van der Waals surface area contributed by atoms with Crippen LogP contribution in [0.5, 0.6) is 0 Å². The van der Waals surface area contributed by atoms with Crippen molar-refractivity contribution in [3.05, 3.63) is 23.9 Å². The van der Waals surface area contributed by atoms with E-state index < -0.39 is 0 Å². The Bertz CT molecular complexity index is 431. The lowest BCUT2D eigenvalue weighted by Crippen LogP contribution is -2.13. The highest BCUT2D eigenvalue weighted by molar-refractivity contribution is 5.84. The van der Waals surface area contributed by atoms with Gasteiger partial charge in [-0.3, -0.25) is 4.79 Å². The summed E-state index contributed by atoms with van der Waals surface area (Å²) >= 11 is 0. The molecule has 0 aromatic carbocycles. The summed E-state index contributed by atoms with van der Waals surface area (Å²) in [7, 11) is 0. The van der Waals surface area contributed by atoms with E-state index in [2.05, 4.69) is 25.8 Å². The zero-order valence-electron chi connectivity index (χ0n) is 11.4. The van der Waals surface area contributed by atoms with Gasteiger partial charge in [0.05, 0.1) is 0 Å². The minimum absolute atomic E-state index is 0.267. The first kappa shape index (κ1) is 13.1. The van der Waals surface area contributed by atoms with Gasteiger partial charge in [-0.2, -0.15) is 0 Å². The molecule has 1 fully saturated rings. The molecule has 0 aliphatic heterocycles. The molecule has 98 valence electrons. The zero-order chi connectivity index (χ0) is 13.3. The standard InChI is InChI=1S/C15H22N2O/c1-15(2,3)12-8-11(12)13(18)6-4-10-5-7-14(16)17-9-10/h5,7,9,11-12H,4,6,8H2,1-3H3,(H2,16,17)/t11-,12?/m1/s1. The molecule has 0 saturated heterocycles. The number of anilines is 1. The van der Waals surface area contributed by atoms with Gasteiger partial charge in [-0.25, -0.2) is 4.98 Å². The van der Waals surface area contributed by atoms with Crippen LogP contribution >= 0.6 is 0 Å². The Labute approximate surface area is 109 Å². The third-order valence-corrected chi connectivity index (χ3v) is 3.82. The minimum atomic E-state index is 0.267. The monoisotopic (exact) mass is 246 g/mol. The van der Waals surface area contributed by atoms with E-state index in [1.807, 2.05) is 6.07 Å². The van der Waals surface area contributed by atoms with Gasteiger partial charge in [-0.15, -0.1) is 0 Å². The van der Waals surface area contributed by atoms with E-state index in [4.69, 9.17) is 5.73 Å². The van der Waals surface area contributed by atoms with Crippen LogP contribution in [-0.4, -0.2) is 10.8 Å². The van der Waals surface area contributed by atoms with Gasteiger partial charge in [0.1, 0.15) is 11.6 Å². The normalized spacial score (nSPS) is 22.8. The van der Waals surface area contributed by atoms with Gasteiger partial charge in [-0.05, 0) is 35.8 Å². The Morgan fingerprint density at radius 3 is 2.67 bits per heavy atom. The van der Waals surface area contributed by atoms with E-state index >= 15 is 0 Å². The summed E-state index contributed by atoms with van der Waals surface area (Å²) in [5.41, 5.74) is 6.88. The third-order valence-electron chi connectivity index (χ3n) is 3.82. The number of rotatable bonds is 4. The van der Waals surface area contributed by atoms with E-state index in [0.717, 1.165) is 18.4 Å². The molecule has 1 saturated carbocycles. The van der Waals surface area contributed by atoms with Crippen LogP contribution in [0.4, 0.5) is 5.82 Å². The number of aromatic nitrogens is 1. The molecule has 1 aromatic heterocycles. The van der Waals surface area contributed by atoms with Crippen molar-refractivity contribution < 1.29 is 4.79 Å². The van der Waals surface area contributed by atoms with E-state index in [9.17, 15) is 4.79 Å². The molecule has 0 bridgehead atoms. The first-order chi connectivity index (χ1) is 8.38. The molecular weight excluding hydrogens is 224 g/mol. The summed E-state index contributed by atoms with van der Waals surface area (Å²) in [6.07, 6.45) is 4.24. The number of hydrogen-bond donors (Lipinski definition) is 1. The Hall–Kier alpha value is -1.38. The molecule has 2 atom stereocenters. The van der Waals surface area contributed by atoms with E-state index in [1.165, 1.54) is 0 Å². The van der Waals surface area contributed by atoms with Gasteiger partial charge in [0.25, 0.3) is 0 Å². The smallest absolute Gasteiger partial charge is 0.136 e. The Morgan fingerprint density at radius 1 is 1.44 bits per heavy atom. The summed E-state index contributed by atoms with van der Waals surface area (Å²) < 4.78 is 0. The predicted octanol–water partition coefficient (Wildman–Crippen LogP) is 2.85. The highest BCUT2D eigenvalue weighted by Gasteiger charge is 2.48. The van der Waals surface area contributed by atoms with Crippen LogP contribution < -0.4 is 5.73 Å². The molecule has 18 heavy (non-hydrogen) atoms. The fraction of sp³-hybridized carbons (Fsp3) is 0.600. The summed E-state index contributed by atoms with van der Waals surface area (Å²) in [6, 6.07) is 3.73. The highest BCUT2D eigenvalue weighted by Crippen LogP contribution is 2.51. The number of nitrogens with two attached hydrogens (primary N) is 1. The number of Topliss-reactive ketones (excluding diaryl/α,β-unsaturated/α-hetero) is 1. The van der Waals surface area contributed by atoms with Crippen molar-refractivity contribution in [3.63, 3.8) is 0 Å². The largest absolute Gasteiger partial charge is 0.384 e. The van der Waals surface area contributed by atoms with Gasteiger partial charge in [0.15, 0.2) is 0 Å². The maximum atomic E-state index is 12.1. The average Bonchev–Trinajstić information content (AvgIpc) is 3.07. The zero-order valence-corrected chi connectivity index (χ0v) is 11.4. The lowest BCUT2D eigenvalue weighted by Gasteiger charge is -2.17. The molecule has 3 heteroatoms. The van der Waals surface area contributed by atoms with Gasteiger partial charge in [0, 0.05) is 18.5 Å². The molecular formula is C15H22N2O. The summed E-state index contributed by atoms with van der Waals surface area (Å²) in [5.74, 6) is 1.81. The molecule has 1 aliphatic rings. The second-order valence-electron chi connectivity index (χ2n) is 6.37. The number of ketones is 1. The van der Waals surface area contributed by atoms with Crippen LogP contribution in [0.25, 0.3) is 0 Å². The maximum absolute atomic E-state index is 12.1. The van der Waals surface area contributed by atoms with Gasteiger partial charge in [-0.1, -0.05) is 26.8 Å². The van der Waals surface area contributed by atoms with E-state index in [1.54, 1.807) is 12.3 Å². The number of nitrogen functional groups attached to an aromatic ring is 1. The highest BCUT2D eigenvalue weighted by atomic mass is 16.1. The summed E-state index contributed by atoms with van der Waals surface area (Å²) in [5, 5.41) is 0. The average molecular weight is 246 g/mol.